The minimum absolute atomic E-state index is 0.307. The van der Waals surface area contributed by atoms with Crippen molar-refractivity contribution in [2.24, 2.45) is 0 Å². The number of ether oxygens (including phenoxy) is 1. The van der Waals surface area contributed by atoms with Crippen LogP contribution in [0.15, 0.2) is 66.7 Å². The molecule has 118 valence electrons. The summed E-state index contributed by atoms with van der Waals surface area (Å²) < 4.78 is 43.3. The molecule has 5 heteroatoms. The number of halogens is 3. The molecule has 23 heavy (non-hydrogen) atoms. The number of carbonyl (C=O) groups excluding carboxylic acids is 1. The molecule has 2 aromatic rings. The van der Waals surface area contributed by atoms with Crippen LogP contribution in [0.5, 0.6) is 0 Å². The van der Waals surface area contributed by atoms with E-state index in [0.717, 1.165) is 17.7 Å². The molecule has 0 spiro atoms. The number of hydrogen-bond acceptors (Lipinski definition) is 2. The normalized spacial score (nSPS) is 21.3. The first-order chi connectivity index (χ1) is 10.9. The number of benzene rings is 2. The summed E-state index contributed by atoms with van der Waals surface area (Å²) in [6.45, 7) is 3.77. The van der Waals surface area contributed by atoms with Gasteiger partial charge in [0, 0.05) is 5.57 Å². The van der Waals surface area contributed by atoms with Crippen LogP contribution < -0.4 is 0 Å². The zero-order valence-electron chi connectivity index (χ0n) is 12.0. The first kappa shape index (κ1) is 15.3. The third kappa shape index (κ3) is 2.86. The van der Waals surface area contributed by atoms with Crippen LogP contribution in [0.1, 0.15) is 28.7 Å². The van der Waals surface area contributed by atoms with Gasteiger partial charge in [0.05, 0.1) is 11.5 Å². The van der Waals surface area contributed by atoms with Crippen LogP contribution in [0.3, 0.4) is 0 Å². The Morgan fingerprint density at radius 3 is 2.09 bits per heavy atom. The molecule has 0 saturated carbocycles. The van der Waals surface area contributed by atoms with Crippen molar-refractivity contribution in [3.63, 3.8) is 0 Å². The zero-order chi connectivity index (χ0) is 16.6. The molecule has 1 heterocycles. The number of rotatable bonds is 2. The van der Waals surface area contributed by atoms with Gasteiger partial charge in [-0.15, -0.1) is 0 Å². The van der Waals surface area contributed by atoms with E-state index in [1.807, 2.05) is 30.3 Å². The number of alkyl halides is 3. The Kier molecular flexibility index (Phi) is 3.72. The SMILES string of the molecule is C=C1C(=O)O[C@@H](c2ccc(C(F)(F)F)cc2)[C@H]1c1ccccc1. The molecule has 1 aliphatic rings. The Hall–Kier alpha value is -2.56. The second-order valence-electron chi connectivity index (χ2n) is 5.36. The van der Waals surface area contributed by atoms with Crippen molar-refractivity contribution in [3.05, 3.63) is 83.4 Å². The van der Waals surface area contributed by atoms with Crippen LogP contribution in [-0.2, 0) is 15.7 Å². The van der Waals surface area contributed by atoms with Crippen molar-refractivity contribution >= 4 is 5.97 Å². The third-order valence-corrected chi connectivity index (χ3v) is 3.90. The quantitative estimate of drug-likeness (QED) is 0.595. The lowest BCUT2D eigenvalue weighted by Gasteiger charge is -2.19. The van der Waals surface area contributed by atoms with Crippen LogP contribution in [0, 0.1) is 0 Å². The van der Waals surface area contributed by atoms with Crippen LogP contribution in [0.2, 0.25) is 0 Å². The highest BCUT2D eigenvalue weighted by atomic mass is 19.4. The maximum Gasteiger partial charge on any atom is 0.416 e. The van der Waals surface area contributed by atoms with E-state index in [9.17, 15) is 18.0 Å². The van der Waals surface area contributed by atoms with Crippen LogP contribution in [0.25, 0.3) is 0 Å². The summed E-state index contributed by atoms with van der Waals surface area (Å²) in [6.07, 6.45) is -5.06. The molecule has 0 N–H and O–H groups in total. The molecule has 0 aliphatic carbocycles. The molecule has 3 rings (SSSR count). The average molecular weight is 318 g/mol. The Balaban J connectivity index is 1.97. The lowest BCUT2D eigenvalue weighted by molar-refractivity contribution is -0.140. The first-order valence-corrected chi connectivity index (χ1v) is 7.00. The smallest absolute Gasteiger partial charge is 0.416 e. The summed E-state index contributed by atoms with van der Waals surface area (Å²) in [5.74, 6) is -0.927. The van der Waals surface area contributed by atoms with Crippen molar-refractivity contribution in [3.8, 4) is 0 Å². The topological polar surface area (TPSA) is 26.3 Å². The minimum Gasteiger partial charge on any atom is -0.453 e. The number of carbonyl (C=O) groups is 1. The van der Waals surface area contributed by atoms with Gasteiger partial charge in [-0.05, 0) is 23.3 Å². The fourth-order valence-electron chi connectivity index (χ4n) is 2.73. The molecule has 0 radical (unpaired) electrons. The molecule has 1 fully saturated rings. The Morgan fingerprint density at radius 1 is 0.913 bits per heavy atom. The largest absolute Gasteiger partial charge is 0.453 e. The van der Waals surface area contributed by atoms with Crippen molar-refractivity contribution in [2.45, 2.75) is 18.2 Å². The number of cyclic esters (lactones) is 1. The fourth-order valence-corrected chi connectivity index (χ4v) is 2.73. The zero-order valence-corrected chi connectivity index (χ0v) is 12.0. The molecular weight excluding hydrogens is 305 g/mol. The second kappa shape index (κ2) is 5.57. The first-order valence-electron chi connectivity index (χ1n) is 7.00. The van der Waals surface area contributed by atoms with Crippen LogP contribution >= 0.6 is 0 Å². The Morgan fingerprint density at radius 2 is 1.52 bits per heavy atom. The summed E-state index contributed by atoms with van der Waals surface area (Å²) in [5.41, 5.74) is 0.925. The summed E-state index contributed by atoms with van der Waals surface area (Å²) in [5, 5.41) is 0. The van der Waals surface area contributed by atoms with Crippen molar-refractivity contribution in [1.82, 2.24) is 0 Å². The lowest BCUT2D eigenvalue weighted by Crippen LogP contribution is -2.09. The standard InChI is InChI=1S/C18H13F3O2/c1-11-15(12-5-3-2-4-6-12)16(23-17(11)22)13-7-9-14(10-8-13)18(19,20)21/h2-10,15-16H,1H2/t15-,16+/m1/s1. The van der Waals surface area contributed by atoms with Gasteiger partial charge in [-0.3, -0.25) is 0 Å². The number of esters is 1. The molecule has 1 aliphatic heterocycles. The van der Waals surface area contributed by atoms with Gasteiger partial charge in [-0.25, -0.2) is 4.79 Å². The molecule has 1 saturated heterocycles. The van der Waals surface area contributed by atoms with Gasteiger partial charge in [-0.1, -0.05) is 49.0 Å². The second-order valence-corrected chi connectivity index (χ2v) is 5.36. The predicted octanol–water partition coefficient (Wildman–Crippen LogP) is 4.64. The van der Waals surface area contributed by atoms with E-state index in [2.05, 4.69) is 6.58 Å². The van der Waals surface area contributed by atoms with Gasteiger partial charge in [0.1, 0.15) is 6.10 Å². The van der Waals surface area contributed by atoms with Crippen molar-refractivity contribution in [1.29, 1.82) is 0 Å². The number of hydrogen-bond donors (Lipinski definition) is 0. The van der Waals surface area contributed by atoms with Gasteiger partial charge >= 0.3 is 12.1 Å². The highest BCUT2D eigenvalue weighted by Crippen LogP contribution is 2.45. The lowest BCUT2D eigenvalue weighted by atomic mass is 9.86. The van der Waals surface area contributed by atoms with E-state index >= 15 is 0 Å². The highest BCUT2D eigenvalue weighted by molar-refractivity contribution is 5.92. The van der Waals surface area contributed by atoms with E-state index < -0.39 is 29.7 Å². The predicted molar refractivity (Wildman–Crippen MR) is 78.6 cm³/mol. The molecule has 2 aromatic carbocycles. The minimum atomic E-state index is -4.40. The van der Waals surface area contributed by atoms with E-state index in [-0.39, 0.29) is 0 Å². The van der Waals surface area contributed by atoms with E-state index in [0.29, 0.717) is 11.1 Å². The summed E-state index contributed by atoms with van der Waals surface area (Å²) in [4.78, 5) is 11.9. The van der Waals surface area contributed by atoms with Crippen LogP contribution in [0.4, 0.5) is 13.2 Å². The van der Waals surface area contributed by atoms with E-state index in [1.54, 1.807) is 0 Å². The molecule has 2 nitrogen and oxygen atoms in total. The average Bonchev–Trinajstić information content (AvgIpc) is 2.83. The molecule has 2 atom stereocenters. The molecule has 0 aromatic heterocycles. The van der Waals surface area contributed by atoms with E-state index in [4.69, 9.17) is 4.74 Å². The third-order valence-electron chi connectivity index (χ3n) is 3.90. The van der Waals surface area contributed by atoms with Gasteiger partial charge < -0.3 is 4.74 Å². The monoisotopic (exact) mass is 318 g/mol. The van der Waals surface area contributed by atoms with E-state index in [1.165, 1.54) is 12.1 Å². The maximum absolute atomic E-state index is 12.7. The van der Waals surface area contributed by atoms with Crippen LogP contribution in [-0.4, -0.2) is 5.97 Å². The van der Waals surface area contributed by atoms with Gasteiger partial charge in [-0.2, -0.15) is 13.2 Å². The molecular formula is C18H13F3O2. The Bertz CT molecular complexity index is 733. The Labute approximate surface area is 131 Å². The fraction of sp³-hybridized carbons (Fsp3) is 0.167. The maximum atomic E-state index is 12.7. The molecule has 0 unspecified atom stereocenters. The highest BCUT2D eigenvalue weighted by Gasteiger charge is 2.40. The van der Waals surface area contributed by atoms with Crippen molar-refractivity contribution < 1.29 is 22.7 Å². The van der Waals surface area contributed by atoms with Gasteiger partial charge in [0.2, 0.25) is 0 Å². The summed E-state index contributed by atoms with van der Waals surface area (Å²) in [7, 11) is 0. The van der Waals surface area contributed by atoms with Gasteiger partial charge in [0.15, 0.2) is 0 Å². The summed E-state index contributed by atoms with van der Waals surface area (Å²) in [6, 6.07) is 13.9. The molecule has 0 amide bonds. The van der Waals surface area contributed by atoms with Crippen molar-refractivity contribution in [2.75, 3.05) is 0 Å². The molecule has 0 bridgehead atoms. The summed E-state index contributed by atoms with van der Waals surface area (Å²) >= 11 is 0. The van der Waals surface area contributed by atoms with Gasteiger partial charge in [0.25, 0.3) is 0 Å².